The molecule has 2 unspecified atom stereocenters. The first kappa shape index (κ1) is 16.9. The summed E-state index contributed by atoms with van der Waals surface area (Å²) in [5, 5.41) is 19.0. The van der Waals surface area contributed by atoms with Gasteiger partial charge >= 0.3 is 6.18 Å². The van der Waals surface area contributed by atoms with Crippen molar-refractivity contribution in [1.82, 2.24) is 0 Å². The highest BCUT2D eigenvalue weighted by atomic mass is 32.2. The second kappa shape index (κ2) is 6.55. The topological polar surface area (TPSA) is 57.5 Å². The molecule has 1 aromatic carbocycles. The van der Waals surface area contributed by atoms with E-state index in [0.717, 1.165) is 0 Å². The van der Waals surface area contributed by atoms with E-state index in [1.54, 1.807) is 0 Å². The Kier molecular flexibility index (Phi) is 5.55. The van der Waals surface area contributed by atoms with E-state index in [0.29, 0.717) is 30.0 Å². The van der Waals surface area contributed by atoms with Gasteiger partial charge in [-0.1, -0.05) is 11.8 Å². The van der Waals surface area contributed by atoms with Gasteiger partial charge in [0, 0.05) is 12.7 Å². The third-order valence-electron chi connectivity index (χ3n) is 2.41. The van der Waals surface area contributed by atoms with Crippen molar-refractivity contribution in [3.8, 4) is 0 Å². The van der Waals surface area contributed by atoms with Crippen molar-refractivity contribution < 1.29 is 32.6 Å². The van der Waals surface area contributed by atoms with Crippen LogP contribution < -0.4 is 0 Å². The summed E-state index contributed by atoms with van der Waals surface area (Å²) in [6.45, 7) is 1.24. The third-order valence-corrected chi connectivity index (χ3v) is 3.33. The van der Waals surface area contributed by atoms with Crippen LogP contribution in [-0.4, -0.2) is 27.2 Å². The normalized spacial score (nSPS) is 14.9. The number of alkyl halides is 3. The van der Waals surface area contributed by atoms with E-state index >= 15 is 0 Å². The first-order valence-corrected chi connectivity index (χ1v) is 6.47. The molecule has 0 aromatic heterocycles. The number of aliphatic hydroxyl groups excluding tert-OH is 2. The molecule has 0 bridgehead atoms. The zero-order valence-electron chi connectivity index (χ0n) is 10.3. The lowest BCUT2D eigenvalue weighted by atomic mass is 10.0. The first-order chi connectivity index (χ1) is 9.11. The van der Waals surface area contributed by atoms with Crippen molar-refractivity contribution in [1.29, 1.82) is 0 Å². The summed E-state index contributed by atoms with van der Waals surface area (Å²) in [6.07, 6.45) is -7.94. The summed E-state index contributed by atoms with van der Waals surface area (Å²) in [6, 6.07) is 1.57. The van der Waals surface area contributed by atoms with Gasteiger partial charge in [0.2, 0.25) is 0 Å². The molecule has 0 amide bonds. The standard InChI is InChI=1S/C12H12F4O3S/c1-6(17)20-5-10(18)11(19)7-2-8(12(14,15)16)4-9(13)3-7/h2-4,10-11,18-19H,5H2,1H3. The molecule has 0 aliphatic rings. The number of benzene rings is 1. The molecule has 0 fully saturated rings. The smallest absolute Gasteiger partial charge is 0.389 e. The fourth-order valence-electron chi connectivity index (χ4n) is 1.46. The van der Waals surface area contributed by atoms with Crippen molar-refractivity contribution in [2.75, 3.05) is 5.75 Å². The highest BCUT2D eigenvalue weighted by molar-refractivity contribution is 8.13. The van der Waals surface area contributed by atoms with Crippen LogP contribution >= 0.6 is 11.8 Å². The Bertz CT molecular complexity index is 490. The number of rotatable bonds is 4. The van der Waals surface area contributed by atoms with Crippen LogP contribution in [0.1, 0.15) is 24.2 Å². The monoisotopic (exact) mass is 312 g/mol. The minimum atomic E-state index is -4.75. The van der Waals surface area contributed by atoms with Gasteiger partial charge in [0.25, 0.3) is 0 Å². The number of halogens is 4. The number of aliphatic hydroxyl groups is 2. The summed E-state index contributed by atoms with van der Waals surface area (Å²) in [7, 11) is 0. The molecule has 8 heteroatoms. The van der Waals surface area contributed by atoms with Gasteiger partial charge in [-0.3, -0.25) is 4.79 Å². The van der Waals surface area contributed by atoms with Crippen LogP contribution in [0.3, 0.4) is 0 Å². The van der Waals surface area contributed by atoms with Crippen molar-refractivity contribution in [2.24, 2.45) is 0 Å². The van der Waals surface area contributed by atoms with Crippen LogP contribution in [0.15, 0.2) is 18.2 Å². The van der Waals surface area contributed by atoms with Crippen molar-refractivity contribution in [3.63, 3.8) is 0 Å². The Morgan fingerprint density at radius 1 is 1.30 bits per heavy atom. The molecule has 0 spiro atoms. The number of thioether (sulfide) groups is 1. The molecule has 0 aliphatic heterocycles. The minimum absolute atomic E-state index is 0.200. The van der Waals surface area contributed by atoms with Gasteiger partial charge in [0.1, 0.15) is 11.9 Å². The molecule has 2 N–H and O–H groups in total. The van der Waals surface area contributed by atoms with Crippen LogP contribution in [-0.2, 0) is 11.0 Å². The highest BCUT2D eigenvalue weighted by Crippen LogP contribution is 2.32. The van der Waals surface area contributed by atoms with Gasteiger partial charge in [0.15, 0.2) is 5.12 Å². The van der Waals surface area contributed by atoms with E-state index in [9.17, 15) is 32.6 Å². The lowest BCUT2D eigenvalue weighted by Crippen LogP contribution is -2.22. The molecule has 112 valence electrons. The Balaban J connectivity index is 2.95. The Labute approximate surface area is 116 Å². The van der Waals surface area contributed by atoms with Gasteiger partial charge in [-0.2, -0.15) is 13.2 Å². The van der Waals surface area contributed by atoms with Gasteiger partial charge in [-0.25, -0.2) is 4.39 Å². The SMILES string of the molecule is CC(=O)SCC(O)C(O)c1cc(F)cc(C(F)(F)F)c1. The van der Waals surface area contributed by atoms with E-state index in [-0.39, 0.29) is 10.9 Å². The maximum absolute atomic E-state index is 13.1. The van der Waals surface area contributed by atoms with E-state index in [1.165, 1.54) is 6.92 Å². The second-order valence-electron chi connectivity index (χ2n) is 4.09. The summed E-state index contributed by atoms with van der Waals surface area (Å²) in [5.74, 6) is -1.37. The van der Waals surface area contributed by atoms with Gasteiger partial charge in [0.05, 0.1) is 11.7 Å². The first-order valence-electron chi connectivity index (χ1n) is 5.48. The van der Waals surface area contributed by atoms with Crippen molar-refractivity contribution in [3.05, 3.63) is 35.1 Å². The zero-order chi connectivity index (χ0) is 15.5. The van der Waals surface area contributed by atoms with E-state index < -0.39 is 35.3 Å². The number of carbonyl (C=O) groups is 1. The van der Waals surface area contributed by atoms with Crippen LogP contribution in [0.2, 0.25) is 0 Å². The predicted octanol–water partition coefficient (Wildman–Crippen LogP) is 2.52. The molecule has 20 heavy (non-hydrogen) atoms. The molecule has 1 rings (SSSR count). The molecular formula is C12H12F4O3S. The molecule has 0 aliphatic carbocycles. The second-order valence-corrected chi connectivity index (χ2v) is 5.28. The van der Waals surface area contributed by atoms with Crippen LogP contribution in [0.5, 0.6) is 0 Å². The molecule has 3 nitrogen and oxygen atoms in total. The number of hydrogen-bond acceptors (Lipinski definition) is 4. The van der Waals surface area contributed by atoms with E-state index in [4.69, 9.17) is 0 Å². The Hall–Kier alpha value is -1.12. The summed E-state index contributed by atoms with van der Waals surface area (Å²) < 4.78 is 50.7. The lowest BCUT2D eigenvalue weighted by Gasteiger charge is -2.18. The van der Waals surface area contributed by atoms with Gasteiger partial charge < -0.3 is 10.2 Å². The Morgan fingerprint density at radius 3 is 2.40 bits per heavy atom. The number of hydrogen-bond donors (Lipinski definition) is 2. The molecule has 1 aromatic rings. The molecule has 0 heterocycles. The summed E-state index contributed by atoms with van der Waals surface area (Å²) >= 11 is 0.711. The predicted molar refractivity (Wildman–Crippen MR) is 65.5 cm³/mol. The molecular weight excluding hydrogens is 300 g/mol. The molecule has 2 atom stereocenters. The number of carbonyl (C=O) groups excluding carboxylic acids is 1. The molecule has 0 saturated carbocycles. The fraction of sp³-hybridized carbons (Fsp3) is 0.417. The van der Waals surface area contributed by atoms with Crippen LogP contribution in [0.25, 0.3) is 0 Å². The van der Waals surface area contributed by atoms with Gasteiger partial charge in [-0.05, 0) is 23.8 Å². The summed E-state index contributed by atoms with van der Waals surface area (Å²) in [4.78, 5) is 10.7. The highest BCUT2D eigenvalue weighted by Gasteiger charge is 2.32. The summed E-state index contributed by atoms with van der Waals surface area (Å²) in [5.41, 5.74) is -1.65. The van der Waals surface area contributed by atoms with E-state index in [1.807, 2.05) is 0 Å². The van der Waals surface area contributed by atoms with Crippen molar-refractivity contribution in [2.45, 2.75) is 25.3 Å². The zero-order valence-corrected chi connectivity index (χ0v) is 11.1. The Morgan fingerprint density at radius 2 is 1.90 bits per heavy atom. The molecule has 0 radical (unpaired) electrons. The third kappa shape index (κ3) is 4.77. The molecule has 0 saturated heterocycles. The van der Waals surface area contributed by atoms with Crippen molar-refractivity contribution >= 4 is 16.9 Å². The van der Waals surface area contributed by atoms with Gasteiger partial charge in [-0.15, -0.1) is 0 Å². The maximum Gasteiger partial charge on any atom is 0.416 e. The quantitative estimate of drug-likeness (QED) is 0.839. The largest absolute Gasteiger partial charge is 0.416 e. The fourth-order valence-corrected chi connectivity index (χ4v) is 2.05. The maximum atomic E-state index is 13.1. The lowest BCUT2D eigenvalue weighted by molar-refractivity contribution is -0.138. The average molecular weight is 312 g/mol. The van der Waals surface area contributed by atoms with E-state index in [2.05, 4.69) is 0 Å². The van der Waals surface area contributed by atoms with Crippen LogP contribution in [0, 0.1) is 5.82 Å². The minimum Gasteiger partial charge on any atom is -0.389 e. The average Bonchev–Trinajstić information content (AvgIpc) is 2.33. The van der Waals surface area contributed by atoms with Crippen LogP contribution in [0.4, 0.5) is 17.6 Å².